The number of pyridine rings is 1. The second-order valence-electron chi connectivity index (χ2n) is 7.23. The molecule has 0 N–H and O–H groups in total. The highest BCUT2D eigenvalue weighted by Gasteiger charge is 2.29. The molecule has 1 aliphatic rings. The first-order valence-electron chi connectivity index (χ1n) is 10.7. The summed E-state index contributed by atoms with van der Waals surface area (Å²) in [7, 11) is 0. The van der Waals surface area contributed by atoms with E-state index in [1.165, 1.54) is 29.2 Å². The summed E-state index contributed by atoms with van der Waals surface area (Å²) in [6.07, 6.45) is -0.779. The van der Waals surface area contributed by atoms with Crippen molar-refractivity contribution in [2.45, 2.75) is 12.3 Å². The number of morpholine rings is 1. The molecular formula is C22H24F3N5O6. The maximum atomic E-state index is 12.8. The molecule has 1 saturated heterocycles. The standard InChI is InChI=1S/C22H24F3N5O6/c1-3-8-33-19-27-20(34-9-4-2)29-21(28-19)35-13-16-12-30(7-10-32-16)18(31)15-5-6-17(26-11-15)36-14-22(23,24)25/h3-6,11,16H,1-2,7-10,12-14H2. The van der Waals surface area contributed by atoms with Crippen molar-refractivity contribution >= 4 is 5.91 Å². The zero-order valence-electron chi connectivity index (χ0n) is 19.1. The van der Waals surface area contributed by atoms with E-state index in [1.54, 1.807) is 0 Å². The summed E-state index contributed by atoms with van der Waals surface area (Å²) in [6.45, 7) is 6.74. The van der Waals surface area contributed by atoms with Crippen molar-refractivity contribution in [3.63, 3.8) is 0 Å². The molecule has 0 aromatic carbocycles. The fraction of sp³-hybridized carbons (Fsp3) is 0.409. The van der Waals surface area contributed by atoms with E-state index >= 15 is 0 Å². The van der Waals surface area contributed by atoms with Gasteiger partial charge in [0, 0.05) is 18.8 Å². The van der Waals surface area contributed by atoms with Crippen LogP contribution in [0.1, 0.15) is 10.4 Å². The number of ether oxygens (including phenoxy) is 5. The van der Waals surface area contributed by atoms with Gasteiger partial charge in [0.2, 0.25) is 5.88 Å². The van der Waals surface area contributed by atoms with Crippen LogP contribution in [-0.4, -0.2) is 89.1 Å². The molecule has 1 atom stereocenters. The monoisotopic (exact) mass is 511 g/mol. The molecule has 11 nitrogen and oxygen atoms in total. The molecule has 0 aliphatic carbocycles. The first-order chi connectivity index (χ1) is 17.3. The lowest BCUT2D eigenvalue weighted by atomic mass is 10.2. The van der Waals surface area contributed by atoms with Crippen LogP contribution in [0.5, 0.6) is 23.9 Å². The predicted octanol–water partition coefficient (Wildman–Crippen LogP) is 2.26. The summed E-state index contributed by atoms with van der Waals surface area (Å²) >= 11 is 0. The Hall–Kier alpha value is -3.94. The van der Waals surface area contributed by atoms with Crippen molar-refractivity contribution < 1.29 is 41.7 Å². The molecule has 3 heterocycles. The van der Waals surface area contributed by atoms with E-state index in [-0.39, 0.29) is 68.4 Å². The number of carbonyl (C=O) groups excluding carboxylic acids is 1. The highest BCUT2D eigenvalue weighted by Crippen LogP contribution is 2.19. The lowest BCUT2D eigenvalue weighted by Gasteiger charge is -2.32. The molecule has 2 aromatic rings. The van der Waals surface area contributed by atoms with Gasteiger partial charge in [-0.05, 0) is 6.07 Å². The second-order valence-corrected chi connectivity index (χ2v) is 7.23. The Morgan fingerprint density at radius 2 is 1.69 bits per heavy atom. The Balaban J connectivity index is 1.57. The predicted molar refractivity (Wildman–Crippen MR) is 118 cm³/mol. The number of amides is 1. The molecule has 36 heavy (non-hydrogen) atoms. The van der Waals surface area contributed by atoms with Gasteiger partial charge in [0.1, 0.15) is 25.9 Å². The molecule has 1 unspecified atom stereocenters. The van der Waals surface area contributed by atoms with E-state index in [1.807, 2.05) is 0 Å². The SMILES string of the molecule is C=CCOc1nc(OCC=C)nc(OCC2CN(C(=O)c3ccc(OCC(F)(F)F)nc3)CCO2)n1. The van der Waals surface area contributed by atoms with Crippen LogP contribution in [0.3, 0.4) is 0 Å². The number of hydrogen-bond acceptors (Lipinski definition) is 10. The molecule has 14 heteroatoms. The van der Waals surface area contributed by atoms with Crippen LogP contribution < -0.4 is 18.9 Å². The van der Waals surface area contributed by atoms with E-state index in [4.69, 9.17) is 18.9 Å². The topological polar surface area (TPSA) is 118 Å². The smallest absolute Gasteiger partial charge is 0.422 e. The molecule has 1 amide bonds. The first kappa shape index (κ1) is 26.7. The molecule has 3 rings (SSSR count). The minimum atomic E-state index is -4.48. The van der Waals surface area contributed by atoms with Gasteiger partial charge in [-0.25, -0.2) is 4.98 Å². The van der Waals surface area contributed by atoms with Gasteiger partial charge in [0.25, 0.3) is 5.91 Å². The van der Waals surface area contributed by atoms with Crippen molar-refractivity contribution in [3.8, 4) is 23.9 Å². The summed E-state index contributed by atoms with van der Waals surface area (Å²) in [5.41, 5.74) is 0.196. The number of nitrogens with zero attached hydrogens (tertiary/aromatic N) is 5. The van der Waals surface area contributed by atoms with E-state index in [9.17, 15) is 18.0 Å². The van der Waals surface area contributed by atoms with Gasteiger partial charge in [0.15, 0.2) is 6.61 Å². The summed E-state index contributed by atoms with van der Waals surface area (Å²) in [5.74, 6) is -0.596. The van der Waals surface area contributed by atoms with E-state index in [2.05, 4.69) is 37.8 Å². The Morgan fingerprint density at radius 1 is 1.06 bits per heavy atom. The quantitative estimate of drug-likeness (QED) is 0.393. The van der Waals surface area contributed by atoms with Crippen LogP contribution in [-0.2, 0) is 4.74 Å². The van der Waals surface area contributed by atoms with Gasteiger partial charge in [-0.1, -0.05) is 25.3 Å². The third-order valence-corrected chi connectivity index (χ3v) is 4.43. The summed E-state index contributed by atoms with van der Waals surface area (Å²) in [5, 5.41) is 0. The molecule has 0 saturated carbocycles. The summed E-state index contributed by atoms with van der Waals surface area (Å²) in [6, 6.07) is 2.46. The Labute approximate surface area is 204 Å². The lowest BCUT2D eigenvalue weighted by molar-refractivity contribution is -0.154. The molecule has 0 spiro atoms. The number of carbonyl (C=O) groups is 1. The van der Waals surface area contributed by atoms with Gasteiger partial charge in [-0.3, -0.25) is 4.79 Å². The van der Waals surface area contributed by atoms with Crippen LogP contribution in [0.25, 0.3) is 0 Å². The Kier molecular flexibility index (Phi) is 9.39. The van der Waals surface area contributed by atoms with E-state index in [0.29, 0.717) is 6.54 Å². The minimum absolute atomic E-state index is 0.0120. The highest BCUT2D eigenvalue weighted by atomic mass is 19.4. The second kappa shape index (κ2) is 12.7. The molecule has 1 fully saturated rings. The van der Waals surface area contributed by atoms with Crippen LogP contribution in [0, 0.1) is 0 Å². The van der Waals surface area contributed by atoms with Crippen LogP contribution in [0.15, 0.2) is 43.6 Å². The number of alkyl halides is 3. The number of hydrogen-bond donors (Lipinski definition) is 0. The zero-order chi connectivity index (χ0) is 26.0. The van der Waals surface area contributed by atoms with Gasteiger partial charge in [-0.15, -0.1) is 15.0 Å². The zero-order valence-corrected chi connectivity index (χ0v) is 19.1. The molecule has 194 valence electrons. The minimum Gasteiger partial charge on any atom is -0.468 e. The van der Waals surface area contributed by atoms with Gasteiger partial charge in [0.05, 0.1) is 18.7 Å². The summed E-state index contributed by atoms with van der Waals surface area (Å²) < 4.78 is 63.3. The fourth-order valence-corrected chi connectivity index (χ4v) is 2.88. The van der Waals surface area contributed by atoms with Crippen molar-refractivity contribution in [1.29, 1.82) is 0 Å². The third kappa shape index (κ3) is 8.37. The maximum absolute atomic E-state index is 12.8. The average molecular weight is 511 g/mol. The van der Waals surface area contributed by atoms with Crippen LogP contribution in [0.4, 0.5) is 13.2 Å². The molecule has 1 aliphatic heterocycles. The Bertz CT molecular complexity index is 1010. The van der Waals surface area contributed by atoms with Crippen molar-refractivity contribution in [1.82, 2.24) is 24.8 Å². The number of halogens is 3. The Morgan fingerprint density at radius 3 is 2.25 bits per heavy atom. The number of rotatable bonds is 12. The van der Waals surface area contributed by atoms with Gasteiger partial charge < -0.3 is 28.6 Å². The van der Waals surface area contributed by atoms with E-state index in [0.717, 1.165) is 6.20 Å². The van der Waals surface area contributed by atoms with Gasteiger partial charge >= 0.3 is 24.2 Å². The van der Waals surface area contributed by atoms with E-state index < -0.39 is 18.9 Å². The highest BCUT2D eigenvalue weighted by molar-refractivity contribution is 5.94. The molecular weight excluding hydrogens is 487 g/mol. The summed E-state index contributed by atoms with van der Waals surface area (Å²) in [4.78, 5) is 30.2. The normalized spacial score (nSPS) is 15.6. The van der Waals surface area contributed by atoms with Crippen molar-refractivity contribution in [2.24, 2.45) is 0 Å². The van der Waals surface area contributed by atoms with Crippen LogP contribution >= 0.6 is 0 Å². The van der Waals surface area contributed by atoms with Crippen molar-refractivity contribution in [2.75, 3.05) is 46.1 Å². The molecule has 0 bridgehead atoms. The van der Waals surface area contributed by atoms with Crippen LogP contribution in [0.2, 0.25) is 0 Å². The maximum Gasteiger partial charge on any atom is 0.422 e. The number of aromatic nitrogens is 4. The van der Waals surface area contributed by atoms with Crippen molar-refractivity contribution in [3.05, 3.63) is 49.2 Å². The molecule has 0 radical (unpaired) electrons. The fourth-order valence-electron chi connectivity index (χ4n) is 2.88. The largest absolute Gasteiger partial charge is 0.468 e. The third-order valence-electron chi connectivity index (χ3n) is 4.43. The molecule has 2 aromatic heterocycles. The first-order valence-corrected chi connectivity index (χ1v) is 10.7. The average Bonchev–Trinajstić information content (AvgIpc) is 2.88. The van der Waals surface area contributed by atoms with Gasteiger partial charge in [-0.2, -0.15) is 13.2 Å². The lowest BCUT2D eigenvalue weighted by Crippen LogP contribution is -2.47.